The maximum absolute atomic E-state index is 14.7. The fourth-order valence-electron chi connectivity index (χ4n) is 5.54. The zero-order valence-electron chi connectivity index (χ0n) is 32.5. The SMILES string of the molecule is CC(=O)CC(C)(C)NC(=O)C(COC(F)(F)C(F)(F)C(F)(F)F)CC(CC(OC(F)(F)C(F)(F)C(F)(F)F)C(=O)NC(C)(C)CC(C)=O)C(=O)NC(C)(C)CC(C)=O. The van der Waals surface area contributed by atoms with Gasteiger partial charge in [-0.05, 0) is 75.2 Å². The number of Topliss-reactive ketones (excluding diaryl/α,β-unsaturated/α-hetero) is 3. The van der Waals surface area contributed by atoms with E-state index < -0.39 is 145 Å². The highest BCUT2D eigenvalue weighted by Crippen LogP contribution is 2.49. The number of rotatable bonds is 23. The number of halogens is 14. The Balaban J connectivity index is 7.70. The number of amides is 3. The van der Waals surface area contributed by atoms with Gasteiger partial charge < -0.3 is 25.4 Å². The Morgan fingerprint density at radius 2 is 0.776 bits per heavy atom. The van der Waals surface area contributed by atoms with E-state index in [-0.39, 0.29) is 0 Å². The summed E-state index contributed by atoms with van der Waals surface area (Å²) in [5.41, 5.74) is -5.21. The molecule has 3 N–H and O–H groups in total. The number of hydrogen-bond donors (Lipinski definition) is 3. The van der Waals surface area contributed by atoms with E-state index in [0.29, 0.717) is 0 Å². The van der Waals surface area contributed by atoms with Gasteiger partial charge >= 0.3 is 36.4 Å². The first kappa shape index (κ1) is 54.4. The molecule has 0 saturated heterocycles. The Bertz CT molecular complexity index is 1510. The Morgan fingerprint density at radius 3 is 1.10 bits per heavy atom. The molecule has 0 aromatic heterocycles. The van der Waals surface area contributed by atoms with Crippen molar-refractivity contribution in [3.63, 3.8) is 0 Å². The van der Waals surface area contributed by atoms with Crippen LogP contribution in [0.5, 0.6) is 0 Å². The first-order chi connectivity index (χ1) is 25.4. The second-order valence-electron chi connectivity index (χ2n) is 15.7. The van der Waals surface area contributed by atoms with Crippen LogP contribution < -0.4 is 16.0 Å². The molecule has 0 rings (SSSR count). The highest BCUT2D eigenvalue weighted by molar-refractivity contribution is 5.87. The summed E-state index contributed by atoms with van der Waals surface area (Å²) >= 11 is 0. The van der Waals surface area contributed by atoms with Crippen molar-refractivity contribution in [2.75, 3.05) is 6.61 Å². The van der Waals surface area contributed by atoms with Crippen LogP contribution in [0, 0.1) is 11.8 Å². The topological polar surface area (TPSA) is 157 Å². The molecule has 3 unspecified atom stereocenters. The summed E-state index contributed by atoms with van der Waals surface area (Å²) < 4.78 is 199. The van der Waals surface area contributed by atoms with Gasteiger partial charge in [0.1, 0.15) is 23.5 Å². The number of carbonyl (C=O) groups excluding carboxylic acids is 6. The molecule has 0 aromatic rings. The fraction of sp³-hybridized carbons (Fsp3) is 0.818. The molecule has 11 nitrogen and oxygen atoms in total. The van der Waals surface area contributed by atoms with Gasteiger partial charge in [-0.1, -0.05) is 0 Å². The maximum atomic E-state index is 14.7. The third-order valence-corrected chi connectivity index (χ3v) is 7.76. The quantitative estimate of drug-likeness (QED) is 0.0970. The zero-order chi connectivity index (χ0) is 46.5. The molecule has 0 aliphatic rings. The van der Waals surface area contributed by atoms with Crippen LogP contribution in [-0.2, 0) is 38.2 Å². The first-order valence-corrected chi connectivity index (χ1v) is 16.8. The van der Waals surface area contributed by atoms with Crippen molar-refractivity contribution >= 4 is 35.1 Å². The molecule has 0 fully saturated rings. The summed E-state index contributed by atoms with van der Waals surface area (Å²) in [4.78, 5) is 75.8. The Kier molecular flexibility index (Phi) is 17.6. The Morgan fingerprint density at radius 1 is 0.466 bits per heavy atom. The monoisotopic (exact) mass is 877 g/mol. The summed E-state index contributed by atoms with van der Waals surface area (Å²) in [6, 6.07) is 0. The van der Waals surface area contributed by atoms with Crippen LogP contribution in [0.3, 0.4) is 0 Å². The summed E-state index contributed by atoms with van der Waals surface area (Å²) in [5, 5.41) is 6.05. The van der Waals surface area contributed by atoms with E-state index in [1.165, 1.54) is 0 Å². The first-order valence-electron chi connectivity index (χ1n) is 16.8. The van der Waals surface area contributed by atoms with Crippen LogP contribution in [-0.4, -0.2) is 101 Å². The molecule has 0 aliphatic carbocycles. The fourth-order valence-corrected chi connectivity index (χ4v) is 5.54. The van der Waals surface area contributed by atoms with Crippen molar-refractivity contribution < 1.29 is 99.7 Å². The van der Waals surface area contributed by atoms with Crippen LogP contribution in [0.2, 0.25) is 0 Å². The third kappa shape index (κ3) is 15.8. The van der Waals surface area contributed by atoms with Crippen molar-refractivity contribution in [3.8, 4) is 0 Å². The van der Waals surface area contributed by atoms with Gasteiger partial charge in [0.05, 0.1) is 12.5 Å². The summed E-state index contributed by atoms with van der Waals surface area (Å²) in [6.45, 7) is 7.33. The molecule has 0 spiro atoms. The number of nitrogens with one attached hydrogen (secondary N) is 3. The number of hydrogen-bond acceptors (Lipinski definition) is 8. The molecule has 25 heteroatoms. The standard InChI is InChI=1S/C33H45F14N3O8/c1-16(51)12-25(4,5)48-22(54)19(11-21(24(56)50-27(8,9)14-18(3)53)58-33(46,47)29(36,37)31(41,42)43)10-20(23(55)49-26(6,7)13-17(2)52)15-57-32(44,45)28(34,35)30(38,39)40/h19-21H,10-15H2,1-9H3,(H,48,54)(H,49,55)(H,50,56). The Labute approximate surface area is 323 Å². The normalized spacial score (nSPS) is 15.6. The van der Waals surface area contributed by atoms with Crippen molar-refractivity contribution in [1.82, 2.24) is 16.0 Å². The molecule has 3 amide bonds. The van der Waals surface area contributed by atoms with Gasteiger partial charge in [-0.15, -0.1) is 0 Å². The molecule has 0 aromatic carbocycles. The minimum atomic E-state index is -7.07. The predicted molar refractivity (Wildman–Crippen MR) is 171 cm³/mol. The molecule has 58 heavy (non-hydrogen) atoms. The lowest BCUT2D eigenvalue weighted by atomic mass is 9.86. The second kappa shape index (κ2) is 18.7. The van der Waals surface area contributed by atoms with E-state index in [9.17, 15) is 90.2 Å². The smallest absolute Gasteiger partial charge is 0.351 e. The van der Waals surface area contributed by atoms with E-state index >= 15 is 0 Å². The average molecular weight is 878 g/mol. The molecule has 3 atom stereocenters. The van der Waals surface area contributed by atoms with E-state index in [4.69, 9.17) is 0 Å². The van der Waals surface area contributed by atoms with Gasteiger partial charge in [-0.3, -0.25) is 28.8 Å². The minimum absolute atomic E-state index is 0.563. The summed E-state index contributed by atoms with van der Waals surface area (Å²) in [5.74, 6) is -26.4. The van der Waals surface area contributed by atoms with Crippen molar-refractivity contribution in [1.29, 1.82) is 0 Å². The third-order valence-electron chi connectivity index (χ3n) is 7.76. The van der Waals surface area contributed by atoms with Gasteiger partial charge in [-0.25, -0.2) is 0 Å². The Hall–Kier alpha value is -3.64. The van der Waals surface area contributed by atoms with Gasteiger partial charge in [0, 0.05) is 41.8 Å². The molecule has 0 bridgehead atoms. The van der Waals surface area contributed by atoms with Crippen LogP contribution in [0.1, 0.15) is 94.4 Å². The number of carbonyl (C=O) groups is 6. The number of alkyl halides is 14. The molecule has 0 radical (unpaired) electrons. The highest BCUT2D eigenvalue weighted by atomic mass is 19.4. The van der Waals surface area contributed by atoms with E-state index in [1.54, 1.807) is 0 Å². The predicted octanol–water partition coefficient (Wildman–Crippen LogP) is 6.60. The van der Waals surface area contributed by atoms with Crippen molar-refractivity contribution in [2.45, 2.75) is 154 Å². The van der Waals surface area contributed by atoms with E-state index in [2.05, 4.69) is 20.1 Å². The van der Waals surface area contributed by atoms with Crippen LogP contribution in [0.25, 0.3) is 0 Å². The summed E-state index contributed by atoms with van der Waals surface area (Å²) in [6.07, 6.45) is -35.6. The number of ketones is 3. The zero-order valence-corrected chi connectivity index (χ0v) is 32.5. The second-order valence-corrected chi connectivity index (χ2v) is 15.7. The largest absolute Gasteiger partial charge is 0.462 e. The van der Waals surface area contributed by atoms with Crippen LogP contribution in [0.4, 0.5) is 61.5 Å². The molecule has 0 saturated carbocycles. The lowest BCUT2D eigenvalue weighted by Crippen LogP contribution is -2.58. The van der Waals surface area contributed by atoms with Gasteiger partial charge in [-0.2, -0.15) is 61.5 Å². The average Bonchev–Trinajstić information content (AvgIpc) is 2.93. The molecular formula is C33H45F14N3O8. The molecule has 0 aliphatic heterocycles. The van der Waals surface area contributed by atoms with Crippen molar-refractivity contribution in [3.05, 3.63) is 0 Å². The summed E-state index contributed by atoms with van der Waals surface area (Å²) in [7, 11) is 0. The lowest BCUT2D eigenvalue weighted by Gasteiger charge is -2.35. The molecule has 338 valence electrons. The molecular weight excluding hydrogens is 832 g/mol. The van der Waals surface area contributed by atoms with E-state index in [0.717, 1.165) is 62.3 Å². The van der Waals surface area contributed by atoms with Crippen LogP contribution >= 0.6 is 0 Å². The highest BCUT2D eigenvalue weighted by Gasteiger charge is 2.76. The van der Waals surface area contributed by atoms with Gasteiger partial charge in [0.2, 0.25) is 17.7 Å². The minimum Gasteiger partial charge on any atom is -0.351 e. The van der Waals surface area contributed by atoms with Crippen molar-refractivity contribution in [2.24, 2.45) is 11.8 Å². The van der Waals surface area contributed by atoms with Gasteiger partial charge in [0.15, 0.2) is 0 Å². The number of ether oxygens (including phenoxy) is 2. The van der Waals surface area contributed by atoms with Crippen LogP contribution in [0.15, 0.2) is 0 Å². The molecule has 0 heterocycles. The van der Waals surface area contributed by atoms with E-state index in [1.807, 2.05) is 5.32 Å². The van der Waals surface area contributed by atoms with Gasteiger partial charge in [0.25, 0.3) is 0 Å². The maximum Gasteiger partial charge on any atom is 0.462 e. The lowest BCUT2D eigenvalue weighted by molar-refractivity contribution is -0.429.